The highest BCUT2D eigenvalue weighted by Gasteiger charge is 2.45. The number of benzene rings is 1. The second-order valence-corrected chi connectivity index (χ2v) is 5.88. The van der Waals surface area contributed by atoms with Crippen LogP contribution in [0.5, 0.6) is 0 Å². The maximum Gasteiger partial charge on any atom is 0.410 e. The lowest BCUT2D eigenvalue weighted by atomic mass is 9.79. The summed E-state index contributed by atoms with van der Waals surface area (Å²) < 4.78 is 5.33. The first kappa shape index (κ1) is 15.4. The van der Waals surface area contributed by atoms with Gasteiger partial charge in [-0.2, -0.15) is 0 Å². The number of ether oxygens (including phenoxy) is 1. The summed E-state index contributed by atoms with van der Waals surface area (Å²) in [7, 11) is 0. The van der Waals surface area contributed by atoms with Crippen LogP contribution in [0.3, 0.4) is 0 Å². The second-order valence-electron chi connectivity index (χ2n) is 5.88. The lowest BCUT2D eigenvalue weighted by Crippen LogP contribution is -2.57. The number of aliphatic carboxylic acids is 1. The van der Waals surface area contributed by atoms with Crippen molar-refractivity contribution < 1.29 is 19.4 Å². The summed E-state index contributed by atoms with van der Waals surface area (Å²) in [4.78, 5) is 25.1. The molecule has 1 unspecified atom stereocenters. The van der Waals surface area contributed by atoms with Crippen LogP contribution in [-0.2, 0) is 16.1 Å². The molecular weight excluding hydrogens is 270 g/mol. The molecule has 21 heavy (non-hydrogen) atoms. The lowest BCUT2D eigenvalue weighted by Gasteiger charge is -2.45. The van der Waals surface area contributed by atoms with Crippen molar-refractivity contribution in [3.63, 3.8) is 0 Å². The Hall–Kier alpha value is -2.04. The second kappa shape index (κ2) is 6.16. The zero-order valence-electron chi connectivity index (χ0n) is 12.4. The minimum absolute atomic E-state index is 0.198. The van der Waals surface area contributed by atoms with E-state index < -0.39 is 23.5 Å². The van der Waals surface area contributed by atoms with Crippen molar-refractivity contribution in [2.45, 2.75) is 38.8 Å². The molecule has 1 atom stereocenters. The van der Waals surface area contributed by atoms with Crippen LogP contribution < -0.4 is 0 Å². The van der Waals surface area contributed by atoms with Crippen LogP contribution in [0.1, 0.15) is 32.3 Å². The van der Waals surface area contributed by atoms with E-state index in [0.717, 1.165) is 5.56 Å². The predicted molar refractivity (Wildman–Crippen MR) is 77.8 cm³/mol. The van der Waals surface area contributed by atoms with Crippen molar-refractivity contribution in [2.75, 3.05) is 6.54 Å². The van der Waals surface area contributed by atoms with Gasteiger partial charge in [0.15, 0.2) is 0 Å². The van der Waals surface area contributed by atoms with E-state index in [1.807, 2.05) is 30.3 Å². The molecule has 1 heterocycles. The average Bonchev–Trinajstić information content (AvgIpc) is 2.44. The molecule has 2 rings (SSSR count). The predicted octanol–water partition coefficient (Wildman–Crippen LogP) is 2.90. The molecule has 114 valence electrons. The molecule has 1 aliphatic heterocycles. The smallest absolute Gasteiger partial charge is 0.410 e. The van der Waals surface area contributed by atoms with Gasteiger partial charge < -0.3 is 14.7 Å². The molecular formula is C16H21NO4. The Morgan fingerprint density at radius 1 is 1.33 bits per heavy atom. The Balaban J connectivity index is 2.02. The molecule has 0 saturated carbocycles. The third-order valence-electron chi connectivity index (χ3n) is 4.15. The number of piperidine rings is 1. The summed E-state index contributed by atoms with van der Waals surface area (Å²) in [6, 6.07) is 9.43. The van der Waals surface area contributed by atoms with Crippen LogP contribution in [0, 0.1) is 5.92 Å². The summed E-state index contributed by atoms with van der Waals surface area (Å²) in [6.07, 6.45) is 0.820. The van der Waals surface area contributed by atoms with E-state index in [2.05, 4.69) is 0 Å². The molecule has 0 spiro atoms. The quantitative estimate of drug-likeness (QED) is 0.930. The number of carboxylic acids is 1. The highest BCUT2D eigenvalue weighted by molar-refractivity contribution is 5.75. The maximum atomic E-state index is 12.3. The van der Waals surface area contributed by atoms with E-state index in [4.69, 9.17) is 4.74 Å². The highest BCUT2D eigenvalue weighted by atomic mass is 16.6. The zero-order chi connectivity index (χ0) is 15.5. The molecule has 1 aromatic carbocycles. The Morgan fingerprint density at radius 2 is 2.00 bits per heavy atom. The van der Waals surface area contributed by atoms with E-state index >= 15 is 0 Å². The SMILES string of the molecule is CC1(C)C(C(=O)O)CCCN1C(=O)OCc1ccccc1. The first-order valence-electron chi connectivity index (χ1n) is 7.14. The van der Waals surface area contributed by atoms with Gasteiger partial charge in [0.1, 0.15) is 6.61 Å². The largest absolute Gasteiger partial charge is 0.481 e. The fraction of sp³-hybridized carbons (Fsp3) is 0.500. The highest BCUT2D eigenvalue weighted by Crippen LogP contribution is 2.34. The van der Waals surface area contributed by atoms with Crippen molar-refractivity contribution in [2.24, 2.45) is 5.92 Å². The van der Waals surface area contributed by atoms with Gasteiger partial charge >= 0.3 is 12.1 Å². The maximum absolute atomic E-state index is 12.3. The molecule has 0 aliphatic carbocycles. The normalized spacial score (nSPS) is 20.9. The van der Waals surface area contributed by atoms with E-state index in [9.17, 15) is 14.7 Å². The number of amides is 1. The number of nitrogens with zero attached hydrogens (tertiary/aromatic N) is 1. The molecule has 1 amide bonds. The first-order chi connectivity index (χ1) is 9.93. The molecule has 1 aliphatic rings. The van der Waals surface area contributed by atoms with Crippen LogP contribution in [0.15, 0.2) is 30.3 Å². The Morgan fingerprint density at radius 3 is 2.62 bits per heavy atom. The molecule has 1 saturated heterocycles. The van der Waals surface area contributed by atoms with Crippen LogP contribution in [0.25, 0.3) is 0 Å². The number of rotatable bonds is 3. The summed E-state index contributed by atoms with van der Waals surface area (Å²) in [5.74, 6) is -1.42. The molecule has 1 fully saturated rings. The summed E-state index contributed by atoms with van der Waals surface area (Å²) in [6.45, 7) is 4.30. The van der Waals surface area contributed by atoms with Crippen molar-refractivity contribution in [1.29, 1.82) is 0 Å². The Labute approximate surface area is 124 Å². The molecule has 0 bridgehead atoms. The van der Waals surface area contributed by atoms with Crippen molar-refractivity contribution in [1.82, 2.24) is 4.90 Å². The third-order valence-corrected chi connectivity index (χ3v) is 4.15. The van der Waals surface area contributed by atoms with Crippen molar-refractivity contribution in [3.8, 4) is 0 Å². The first-order valence-corrected chi connectivity index (χ1v) is 7.14. The van der Waals surface area contributed by atoms with Crippen LogP contribution in [-0.4, -0.2) is 34.2 Å². The van der Waals surface area contributed by atoms with E-state index in [0.29, 0.717) is 19.4 Å². The Bertz CT molecular complexity index is 512. The molecule has 5 heteroatoms. The van der Waals surface area contributed by atoms with Gasteiger partial charge in [-0.15, -0.1) is 0 Å². The topological polar surface area (TPSA) is 66.8 Å². The molecule has 1 N–H and O–H groups in total. The molecule has 1 aromatic rings. The van der Waals surface area contributed by atoms with Gasteiger partial charge in [0, 0.05) is 6.54 Å². The summed E-state index contributed by atoms with van der Waals surface area (Å²) in [5, 5.41) is 9.30. The van der Waals surface area contributed by atoms with Gasteiger partial charge in [0.05, 0.1) is 11.5 Å². The van der Waals surface area contributed by atoms with Gasteiger partial charge in [0.2, 0.25) is 0 Å². The zero-order valence-corrected chi connectivity index (χ0v) is 12.4. The van der Waals surface area contributed by atoms with Crippen LogP contribution in [0.2, 0.25) is 0 Å². The fourth-order valence-corrected chi connectivity index (χ4v) is 2.83. The van der Waals surface area contributed by atoms with E-state index in [-0.39, 0.29) is 6.61 Å². The molecule has 0 aromatic heterocycles. The Kier molecular flexibility index (Phi) is 4.50. The van der Waals surface area contributed by atoms with Crippen molar-refractivity contribution >= 4 is 12.1 Å². The average molecular weight is 291 g/mol. The summed E-state index contributed by atoms with van der Waals surface area (Å²) in [5.41, 5.74) is 0.174. The molecule has 0 radical (unpaired) electrons. The van der Waals surface area contributed by atoms with Gasteiger partial charge in [-0.1, -0.05) is 30.3 Å². The third kappa shape index (κ3) is 3.35. The van der Waals surface area contributed by atoms with Crippen LogP contribution >= 0.6 is 0 Å². The van der Waals surface area contributed by atoms with Gasteiger partial charge in [-0.3, -0.25) is 4.79 Å². The summed E-state index contributed by atoms with van der Waals surface area (Å²) >= 11 is 0. The van der Waals surface area contributed by atoms with E-state index in [1.54, 1.807) is 13.8 Å². The minimum atomic E-state index is -0.861. The number of carbonyl (C=O) groups is 2. The van der Waals surface area contributed by atoms with Crippen LogP contribution in [0.4, 0.5) is 4.79 Å². The number of likely N-dealkylation sites (tertiary alicyclic amines) is 1. The number of hydrogen-bond acceptors (Lipinski definition) is 3. The number of hydrogen-bond donors (Lipinski definition) is 1. The number of carbonyl (C=O) groups excluding carboxylic acids is 1. The van der Waals surface area contributed by atoms with Crippen molar-refractivity contribution in [3.05, 3.63) is 35.9 Å². The van der Waals surface area contributed by atoms with Gasteiger partial charge in [-0.05, 0) is 32.3 Å². The standard InChI is InChI=1S/C16H21NO4/c1-16(2)13(14(18)19)9-6-10-17(16)15(20)21-11-12-7-4-3-5-8-12/h3-5,7-8,13H,6,9-11H2,1-2H3,(H,18,19). The monoisotopic (exact) mass is 291 g/mol. The molecule has 5 nitrogen and oxygen atoms in total. The lowest BCUT2D eigenvalue weighted by molar-refractivity contribution is -0.148. The van der Waals surface area contributed by atoms with Gasteiger partial charge in [-0.25, -0.2) is 4.79 Å². The minimum Gasteiger partial charge on any atom is -0.481 e. The van der Waals surface area contributed by atoms with E-state index in [1.165, 1.54) is 4.90 Å². The fourth-order valence-electron chi connectivity index (χ4n) is 2.83. The van der Waals surface area contributed by atoms with Gasteiger partial charge in [0.25, 0.3) is 0 Å². The number of carboxylic acid groups (broad SMARTS) is 1.